The number of aromatic nitrogens is 3. The first-order valence-electron chi connectivity index (χ1n) is 9.95. The van der Waals surface area contributed by atoms with Gasteiger partial charge >= 0.3 is 0 Å². The summed E-state index contributed by atoms with van der Waals surface area (Å²) in [5.74, 6) is -0.0907. The van der Waals surface area contributed by atoms with Crippen LogP contribution >= 0.6 is 11.8 Å². The third-order valence-corrected chi connectivity index (χ3v) is 6.24. The van der Waals surface area contributed by atoms with Crippen LogP contribution in [0, 0.1) is 18.3 Å². The zero-order valence-electron chi connectivity index (χ0n) is 17.4. The number of allylic oxidation sites excluding steroid dienone is 1. The van der Waals surface area contributed by atoms with Gasteiger partial charge in [0.15, 0.2) is 0 Å². The van der Waals surface area contributed by atoms with Gasteiger partial charge in [-0.15, -0.1) is 11.8 Å². The third kappa shape index (κ3) is 3.97. The Morgan fingerprint density at radius 3 is 2.71 bits per heavy atom. The van der Waals surface area contributed by atoms with Crippen LogP contribution in [-0.2, 0) is 13.1 Å². The van der Waals surface area contributed by atoms with Gasteiger partial charge in [-0.05, 0) is 37.3 Å². The molecule has 0 unspecified atom stereocenters. The highest BCUT2D eigenvalue weighted by Crippen LogP contribution is 2.40. The highest BCUT2D eigenvalue weighted by atomic mass is 32.2. The summed E-state index contributed by atoms with van der Waals surface area (Å²) in [7, 11) is 0. The molecule has 1 aromatic carbocycles. The molecule has 31 heavy (non-hydrogen) atoms. The van der Waals surface area contributed by atoms with E-state index in [1.54, 1.807) is 28.9 Å². The molecule has 1 aliphatic rings. The number of aryl methyl sites for hydroxylation is 2. The van der Waals surface area contributed by atoms with E-state index in [2.05, 4.69) is 11.1 Å². The Bertz CT molecular complexity index is 1220. The van der Waals surface area contributed by atoms with Gasteiger partial charge in [0.05, 0.1) is 17.8 Å². The van der Waals surface area contributed by atoms with Crippen molar-refractivity contribution in [3.8, 4) is 11.8 Å². The molecule has 4 rings (SSSR count). The topological polar surface area (TPSA) is 98.9 Å². The van der Waals surface area contributed by atoms with Crippen molar-refractivity contribution in [2.75, 3.05) is 6.26 Å². The monoisotopic (exact) mass is 433 g/mol. The second-order valence-electron chi connectivity index (χ2n) is 7.37. The third-order valence-electron chi connectivity index (χ3n) is 5.50. The van der Waals surface area contributed by atoms with Crippen LogP contribution in [0.15, 0.2) is 70.2 Å². The minimum Gasteiger partial charge on any atom is -0.440 e. The Morgan fingerprint density at radius 2 is 2.06 bits per heavy atom. The largest absolute Gasteiger partial charge is 0.440 e. The Morgan fingerprint density at radius 1 is 1.29 bits per heavy atom. The minimum absolute atomic E-state index is 0.0469. The highest BCUT2D eigenvalue weighted by molar-refractivity contribution is 7.98. The van der Waals surface area contributed by atoms with Crippen LogP contribution in [0.3, 0.4) is 0 Å². The Labute approximate surface area is 184 Å². The number of fused-ring (bicyclic) bond motifs is 1. The van der Waals surface area contributed by atoms with Gasteiger partial charge in [0, 0.05) is 42.1 Å². The number of nitrogens with two attached hydrogens (primary N) is 1. The number of hydrogen-bond donors (Lipinski definition) is 1. The van der Waals surface area contributed by atoms with Crippen molar-refractivity contribution < 1.29 is 4.74 Å². The summed E-state index contributed by atoms with van der Waals surface area (Å²) in [5.41, 5.74) is 8.27. The predicted octanol–water partition coefficient (Wildman–Crippen LogP) is 3.38. The standard InChI is InChI=1S/C23H23N5O2S/c1-15-12-19-21(23(29)28(15)10-3-9-27-11-8-26-14-27)20(18(13-24)22(25)30-19)16-4-6-17(31-2)7-5-16/h4-8,11-12,14,20H,3,9-10,25H2,1-2H3/t20-/m1/s1. The first-order chi connectivity index (χ1) is 15.0. The maximum Gasteiger partial charge on any atom is 0.258 e. The van der Waals surface area contributed by atoms with E-state index < -0.39 is 5.92 Å². The molecule has 0 spiro atoms. The number of hydrogen-bond acceptors (Lipinski definition) is 6. The smallest absolute Gasteiger partial charge is 0.258 e. The van der Waals surface area contributed by atoms with E-state index in [4.69, 9.17) is 10.5 Å². The molecule has 3 heterocycles. The van der Waals surface area contributed by atoms with E-state index in [-0.39, 0.29) is 17.0 Å². The summed E-state index contributed by atoms with van der Waals surface area (Å²) in [6.45, 7) is 3.19. The molecule has 1 atom stereocenters. The van der Waals surface area contributed by atoms with E-state index >= 15 is 0 Å². The van der Waals surface area contributed by atoms with Crippen LogP contribution in [-0.4, -0.2) is 20.4 Å². The molecular formula is C23H23N5O2S. The molecule has 0 radical (unpaired) electrons. The fraction of sp³-hybridized carbons (Fsp3) is 0.261. The fourth-order valence-electron chi connectivity index (χ4n) is 3.92. The summed E-state index contributed by atoms with van der Waals surface area (Å²) in [6.07, 6.45) is 8.17. The van der Waals surface area contributed by atoms with Crippen LogP contribution < -0.4 is 16.0 Å². The summed E-state index contributed by atoms with van der Waals surface area (Å²) in [6, 6.07) is 11.8. The Hall–Kier alpha value is -3.44. The number of nitrogens with zero attached hydrogens (tertiary/aromatic N) is 4. The number of ether oxygens (including phenoxy) is 1. The zero-order valence-corrected chi connectivity index (χ0v) is 18.2. The molecular weight excluding hydrogens is 410 g/mol. The molecule has 0 saturated heterocycles. The average Bonchev–Trinajstić information content (AvgIpc) is 3.29. The summed E-state index contributed by atoms with van der Waals surface area (Å²) in [4.78, 5) is 18.7. The van der Waals surface area contributed by atoms with Crippen molar-refractivity contribution in [3.05, 3.63) is 87.7 Å². The molecule has 2 aromatic heterocycles. The lowest BCUT2D eigenvalue weighted by Gasteiger charge is -2.27. The number of nitriles is 1. The van der Waals surface area contributed by atoms with Gasteiger partial charge in [0.1, 0.15) is 17.4 Å². The first kappa shape index (κ1) is 20.8. The second-order valence-corrected chi connectivity index (χ2v) is 8.25. The number of imidazole rings is 1. The van der Waals surface area contributed by atoms with Crippen molar-refractivity contribution in [2.24, 2.45) is 5.73 Å². The van der Waals surface area contributed by atoms with Crippen molar-refractivity contribution in [2.45, 2.75) is 37.2 Å². The lowest BCUT2D eigenvalue weighted by Crippen LogP contribution is -2.33. The average molecular weight is 434 g/mol. The second kappa shape index (κ2) is 8.74. The van der Waals surface area contributed by atoms with E-state index in [1.807, 2.05) is 54.3 Å². The maximum absolute atomic E-state index is 13.6. The van der Waals surface area contributed by atoms with Crippen LogP contribution in [0.1, 0.15) is 29.2 Å². The summed E-state index contributed by atoms with van der Waals surface area (Å²) < 4.78 is 9.45. The van der Waals surface area contributed by atoms with Gasteiger partial charge in [-0.1, -0.05) is 12.1 Å². The van der Waals surface area contributed by atoms with Crippen LogP contribution in [0.4, 0.5) is 0 Å². The molecule has 0 amide bonds. The van der Waals surface area contributed by atoms with Gasteiger partial charge in [0.25, 0.3) is 5.56 Å². The number of rotatable bonds is 6. The maximum atomic E-state index is 13.6. The number of pyridine rings is 1. The van der Waals surface area contributed by atoms with Gasteiger partial charge in [0.2, 0.25) is 5.88 Å². The van der Waals surface area contributed by atoms with Crippen LogP contribution in [0.25, 0.3) is 0 Å². The molecule has 0 saturated carbocycles. The van der Waals surface area contributed by atoms with E-state index in [0.29, 0.717) is 17.9 Å². The fourth-order valence-corrected chi connectivity index (χ4v) is 4.33. The van der Waals surface area contributed by atoms with Gasteiger partial charge in [-0.25, -0.2) is 4.98 Å². The number of thioether (sulfide) groups is 1. The van der Waals surface area contributed by atoms with E-state index in [1.165, 1.54) is 0 Å². The van der Waals surface area contributed by atoms with Crippen molar-refractivity contribution in [1.29, 1.82) is 5.26 Å². The summed E-state index contributed by atoms with van der Waals surface area (Å²) in [5, 5.41) is 9.79. The summed E-state index contributed by atoms with van der Waals surface area (Å²) >= 11 is 1.63. The molecule has 1 aliphatic heterocycles. The minimum atomic E-state index is -0.558. The first-order valence-corrected chi connectivity index (χ1v) is 11.2. The normalized spacial score (nSPS) is 15.3. The number of benzene rings is 1. The molecule has 7 nitrogen and oxygen atoms in total. The molecule has 8 heteroatoms. The quantitative estimate of drug-likeness (QED) is 0.599. The lowest BCUT2D eigenvalue weighted by atomic mass is 9.84. The molecule has 0 fully saturated rings. The Balaban J connectivity index is 1.76. The van der Waals surface area contributed by atoms with Crippen molar-refractivity contribution in [3.63, 3.8) is 0 Å². The van der Waals surface area contributed by atoms with Gasteiger partial charge in [-0.2, -0.15) is 5.26 Å². The van der Waals surface area contributed by atoms with Gasteiger partial charge in [-0.3, -0.25) is 4.79 Å². The molecule has 0 aliphatic carbocycles. The molecule has 0 bridgehead atoms. The van der Waals surface area contributed by atoms with Crippen LogP contribution in [0.5, 0.6) is 5.75 Å². The van der Waals surface area contributed by atoms with Crippen LogP contribution in [0.2, 0.25) is 0 Å². The SMILES string of the molecule is CSc1ccc([C@@H]2C(C#N)=C(N)Oc3cc(C)n(CCCn4ccnc4)c(=O)c32)cc1. The lowest BCUT2D eigenvalue weighted by molar-refractivity contribution is 0.387. The van der Waals surface area contributed by atoms with Gasteiger partial charge < -0.3 is 19.6 Å². The Kier molecular flexibility index (Phi) is 5.87. The molecule has 3 aromatic rings. The van der Waals surface area contributed by atoms with E-state index in [9.17, 15) is 10.1 Å². The predicted molar refractivity (Wildman–Crippen MR) is 120 cm³/mol. The highest BCUT2D eigenvalue weighted by Gasteiger charge is 2.34. The zero-order chi connectivity index (χ0) is 22.0. The van der Waals surface area contributed by atoms with Crippen molar-refractivity contribution >= 4 is 11.8 Å². The van der Waals surface area contributed by atoms with Crippen molar-refractivity contribution in [1.82, 2.24) is 14.1 Å². The molecule has 2 N–H and O–H groups in total. The molecule has 158 valence electrons. The van der Waals surface area contributed by atoms with E-state index in [0.717, 1.165) is 29.1 Å².